The van der Waals surface area contributed by atoms with Gasteiger partial charge in [-0.3, -0.25) is 4.79 Å². The Morgan fingerprint density at radius 1 is 1.27 bits per heavy atom. The molecule has 0 saturated heterocycles. The Balaban J connectivity index is 1.99. The molecule has 0 bridgehead atoms. The summed E-state index contributed by atoms with van der Waals surface area (Å²) in [7, 11) is 1.64. The molecule has 1 N–H and O–H groups in total. The summed E-state index contributed by atoms with van der Waals surface area (Å²) in [5, 5.41) is 11.9. The van der Waals surface area contributed by atoms with E-state index in [1.807, 2.05) is 6.07 Å². The Kier molecular flexibility index (Phi) is 2.77. The molecule has 1 saturated carbocycles. The predicted molar refractivity (Wildman–Crippen MR) is 85.6 cm³/mol. The summed E-state index contributed by atoms with van der Waals surface area (Å²) in [5.74, 6) is 1.69. The first-order valence-electron chi connectivity index (χ1n) is 7.90. The van der Waals surface area contributed by atoms with Gasteiger partial charge < -0.3 is 9.84 Å². The Bertz CT molecular complexity index is 793. The van der Waals surface area contributed by atoms with Gasteiger partial charge in [0.25, 0.3) is 0 Å². The quantitative estimate of drug-likeness (QED) is 0.866. The molecule has 2 aliphatic carbocycles. The van der Waals surface area contributed by atoms with E-state index in [-0.39, 0.29) is 11.2 Å². The van der Waals surface area contributed by atoms with E-state index in [1.165, 1.54) is 11.1 Å². The molecule has 0 unspecified atom stereocenters. The fraction of sp³-hybridized carbons (Fsp3) is 0.421. The van der Waals surface area contributed by atoms with E-state index in [2.05, 4.69) is 13.0 Å². The third-order valence-electron chi connectivity index (χ3n) is 5.77. The van der Waals surface area contributed by atoms with Crippen LogP contribution >= 0.6 is 0 Å². The predicted octanol–water partition coefficient (Wildman–Crippen LogP) is 3.95. The van der Waals surface area contributed by atoms with Crippen molar-refractivity contribution in [2.75, 3.05) is 7.11 Å². The van der Waals surface area contributed by atoms with E-state index in [1.54, 1.807) is 19.2 Å². The molecule has 3 nitrogen and oxygen atoms in total. The van der Waals surface area contributed by atoms with Crippen molar-refractivity contribution >= 4 is 16.6 Å². The first-order valence-corrected chi connectivity index (χ1v) is 7.90. The van der Waals surface area contributed by atoms with Crippen molar-refractivity contribution in [3.8, 4) is 11.5 Å². The van der Waals surface area contributed by atoms with Gasteiger partial charge in [0.2, 0.25) is 0 Å². The van der Waals surface area contributed by atoms with E-state index in [0.717, 1.165) is 35.8 Å². The van der Waals surface area contributed by atoms with Gasteiger partial charge in [0.05, 0.1) is 7.11 Å². The molecule has 2 aromatic carbocycles. The van der Waals surface area contributed by atoms with E-state index >= 15 is 0 Å². The molecular weight excluding hydrogens is 276 g/mol. The molecule has 0 aliphatic heterocycles. The fourth-order valence-corrected chi connectivity index (χ4v) is 4.53. The van der Waals surface area contributed by atoms with Crippen molar-refractivity contribution in [3.05, 3.63) is 35.4 Å². The lowest BCUT2D eigenvalue weighted by Crippen LogP contribution is -2.32. The van der Waals surface area contributed by atoms with E-state index < -0.39 is 0 Å². The molecular formula is C19H20O3. The van der Waals surface area contributed by atoms with Crippen molar-refractivity contribution in [2.45, 2.75) is 38.5 Å². The van der Waals surface area contributed by atoms with Crippen LogP contribution in [0.2, 0.25) is 0 Å². The minimum atomic E-state index is -0.190. The highest BCUT2D eigenvalue weighted by molar-refractivity contribution is 5.95. The molecule has 0 spiro atoms. The molecule has 0 aromatic heterocycles. The number of benzene rings is 2. The highest BCUT2D eigenvalue weighted by atomic mass is 16.5. The molecule has 2 aliphatic rings. The SMILES string of the molecule is COc1cc(O)cc2ccc3c(c12)CC[C@]1(C)C(=O)CC[C@@H]31. The summed E-state index contributed by atoms with van der Waals surface area (Å²) in [6.07, 6.45) is 3.46. The maximum atomic E-state index is 12.3. The normalized spacial score (nSPS) is 26.8. The van der Waals surface area contributed by atoms with E-state index in [0.29, 0.717) is 18.1 Å². The van der Waals surface area contributed by atoms with Gasteiger partial charge in [0, 0.05) is 23.3 Å². The number of aryl methyl sites for hydroxylation is 1. The number of hydrogen-bond acceptors (Lipinski definition) is 3. The third kappa shape index (κ3) is 1.65. The van der Waals surface area contributed by atoms with E-state index in [9.17, 15) is 9.90 Å². The highest BCUT2D eigenvalue weighted by Crippen LogP contribution is 2.55. The molecule has 0 heterocycles. The topological polar surface area (TPSA) is 46.5 Å². The maximum Gasteiger partial charge on any atom is 0.139 e. The smallest absolute Gasteiger partial charge is 0.139 e. The molecule has 114 valence electrons. The van der Waals surface area contributed by atoms with Gasteiger partial charge in [-0.05, 0) is 47.8 Å². The second-order valence-electron chi connectivity index (χ2n) is 6.81. The first kappa shape index (κ1) is 13.6. The summed E-state index contributed by atoms with van der Waals surface area (Å²) in [5.41, 5.74) is 2.41. The van der Waals surface area contributed by atoms with Crippen LogP contribution in [-0.4, -0.2) is 18.0 Å². The lowest BCUT2D eigenvalue weighted by Gasteiger charge is -2.37. The number of ether oxygens (including phenoxy) is 1. The number of carbonyl (C=O) groups excluding carboxylic acids is 1. The van der Waals surface area contributed by atoms with E-state index in [4.69, 9.17) is 4.74 Å². The molecule has 22 heavy (non-hydrogen) atoms. The Hall–Kier alpha value is -2.03. The number of carbonyl (C=O) groups is 1. The minimum Gasteiger partial charge on any atom is -0.508 e. The molecule has 2 aromatic rings. The van der Waals surface area contributed by atoms with Crippen molar-refractivity contribution in [2.24, 2.45) is 5.41 Å². The monoisotopic (exact) mass is 296 g/mol. The van der Waals surface area contributed by atoms with Gasteiger partial charge in [-0.15, -0.1) is 0 Å². The van der Waals surface area contributed by atoms with Crippen LogP contribution < -0.4 is 4.74 Å². The lowest BCUT2D eigenvalue weighted by atomic mass is 9.66. The average Bonchev–Trinajstić information content (AvgIpc) is 2.81. The minimum absolute atomic E-state index is 0.190. The molecule has 0 radical (unpaired) electrons. The highest BCUT2D eigenvalue weighted by Gasteiger charge is 2.49. The molecule has 0 amide bonds. The zero-order valence-corrected chi connectivity index (χ0v) is 13.0. The van der Waals surface area contributed by atoms with Gasteiger partial charge in [-0.2, -0.15) is 0 Å². The lowest BCUT2D eigenvalue weighted by molar-refractivity contribution is -0.126. The fourth-order valence-electron chi connectivity index (χ4n) is 4.53. The summed E-state index contributed by atoms with van der Waals surface area (Å²) in [6.45, 7) is 2.13. The second kappa shape index (κ2) is 4.48. The second-order valence-corrected chi connectivity index (χ2v) is 6.81. The van der Waals surface area contributed by atoms with Crippen molar-refractivity contribution in [1.82, 2.24) is 0 Å². The van der Waals surface area contributed by atoms with Gasteiger partial charge in [0.15, 0.2) is 0 Å². The number of ketones is 1. The number of methoxy groups -OCH3 is 1. The van der Waals surface area contributed by atoms with Gasteiger partial charge in [0.1, 0.15) is 17.3 Å². The largest absolute Gasteiger partial charge is 0.508 e. The van der Waals surface area contributed by atoms with Gasteiger partial charge in [-0.25, -0.2) is 0 Å². The van der Waals surface area contributed by atoms with Crippen LogP contribution in [0.1, 0.15) is 43.2 Å². The first-order chi connectivity index (χ1) is 10.5. The van der Waals surface area contributed by atoms with Crippen LogP contribution in [0.4, 0.5) is 0 Å². The van der Waals surface area contributed by atoms with Crippen molar-refractivity contribution in [1.29, 1.82) is 0 Å². The van der Waals surface area contributed by atoms with Crippen LogP contribution in [0.25, 0.3) is 10.8 Å². The number of hydrogen-bond donors (Lipinski definition) is 1. The number of phenols is 1. The number of fused-ring (bicyclic) bond motifs is 5. The maximum absolute atomic E-state index is 12.3. The number of phenolic OH excluding ortho intramolecular Hbond substituents is 1. The van der Waals surface area contributed by atoms with Crippen LogP contribution in [0.5, 0.6) is 11.5 Å². The number of Topliss-reactive ketones (excluding diaryl/α,β-unsaturated/α-hetero) is 1. The summed E-state index contributed by atoms with van der Waals surface area (Å²) in [4.78, 5) is 12.3. The zero-order chi connectivity index (χ0) is 15.5. The van der Waals surface area contributed by atoms with Crippen LogP contribution in [0, 0.1) is 5.41 Å². The molecule has 2 atom stereocenters. The van der Waals surface area contributed by atoms with Gasteiger partial charge >= 0.3 is 0 Å². The standard InChI is InChI=1S/C19H20O3/c1-19-8-7-14-13(15(19)5-6-17(19)21)4-3-11-9-12(20)10-16(22-2)18(11)14/h3-4,9-10,15,20H,5-8H2,1-2H3/t15-,19-/m0/s1. The van der Waals surface area contributed by atoms with Gasteiger partial charge in [-0.1, -0.05) is 19.1 Å². The van der Waals surface area contributed by atoms with Crippen molar-refractivity contribution < 1.29 is 14.6 Å². The summed E-state index contributed by atoms with van der Waals surface area (Å²) >= 11 is 0. The number of aromatic hydroxyl groups is 1. The van der Waals surface area contributed by atoms with Crippen LogP contribution in [0.3, 0.4) is 0 Å². The molecule has 3 heteroatoms. The molecule has 4 rings (SSSR count). The Morgan fingerprint density at radius 2 is 2.09 bits per heavy atom. The summed E-state index contributed by atoms with van der Waals surface area (Å²) in [6, 6.07) is 7.66. The average molecular weight is 296 g/mol. The molecule has 1 fully saturated rings. The van der Waals surface area contributed by atoms with Crippen LogP contribution in [-0.2, 0) is 11.2 Å². The third-order valence-corrected chi connectivity index (χ3v) is 5.77. The zero-order valence-electron chi connectivity index (χ0n) is 13.0. The summed E-state index contributed by atoms with van der Waals surface area (Å²) < 4.78 is 5.51. The Labute approximate surface area is 129 Å². The van der Waals surface area contributed by atoms with Crippen LogP contribution in [0.15, 0.2) is 24.3 Å². The number of rotatable bonds is 1. The Morgan fingerprint density at radius 3 is 2.86 bits per heavy atom. The van der Waals surface area contributed by atoms with Crippen molar-refractivity contribution in [3.63, 3.8) is 0 Å².